The van der Waals surface area contributed by atoms with Crippen LogP contribution in [0.2, 0.25) is 0 Å². The molecule has 2 heterocycles. The number of hydrogen-bond donors (Lipinski definition) is 1. The maximum atomic E-state index is 12.4. The van der Waals surface area contributed by atoms with Crippen molar-refractivity contribution in [2.75, 3.05) is 0 Å². The monoisotopic (exact) mass is 391 g/mol. The molecule has 0 spiro atoms. The van der Waals surface area contributed by atoms with E-state index in [4.69, 9.17) is 9.26 Å². The van der Waals surface area contributed by atoms with Crippen LogP contribution < -0.4 is 10.1 Å². The molecule has 29 heavy (non-hydrogen) atoms. The molecule has 0 fully saturated rings. The van der Waals surface area contributed by atoms with Crippen molar-refractivity contribution in [1.82, 2.24) is 25.0 Å². The van der Waals surface area contributed by atoms with E-state index in [2.05, 4.69) is 20.4 Å². The number of amides is 1. The van der Waals surface area contributed by atoms with Gasteiger partial charge in [-0.1, -0.05) is 24.2 Å². The lowest BCUT2D eigenvalue weighted by molar-refractivity contribution is 0.0949. The topological polar surface area (TPSA) is 95.1 Å². The van der Waals surface area contributed by atoms with Crippen molar-refractivity contribution < 1.29 is 14.1 Å². The van der Waals surface area contributed by atoms with Crippen molar-refractivity contribution >= 4 is 16.9 Å². The molecule has 1 amide bonds. The number of nitrogens with zero attached hydrogens (tertiary/aromatic N) is 4. The Kier molecular flexibility index (Phi) is 5.24. The molecule has 0 unspecified atom stereocenters. The molecule has 0 aliphatic carbocycles. The van der Waals surface area contributed by atoms with Gasteiger partial charge >= 0.3 is 0 Å². The predicted octanol–water partition coefficient (Wildman–Crippen LogP) is 3.03. The smallest absolute Gasteiger partial charge is 0.251 e. The quantitative estimate of drug-likeness (QED) is 0.520. The summed E-state index contributed by atoms with van der Waals surface area (Å²) in [7, 11) is 1.94. The first-order chi connectivity index (χ1) is 14.1. The molecule has 0 saturated carbocycles. The lowest BCUT2D eigenvalue weighted by atomic mass is 10.2. The number of rotatable bonds is 7. The molecular weight excluding hydrogens is 370 g/mol. The lowest BCUT2D eigenvalue weighted by Crippen LogP contribution is -2.24. The first-order valence-electron chi connectivity index (χ1n) is 9.37. The summed E-state index contributed by atoms with van der Waals surface area (Å²) < 4.78 is 12.7. The SMILES string of the molecule is CCc1nc(COc2ccc(C(=O)NCc3nc4ccccc4n3C)cc2)no1. The van der Waals surface area contributed by atoms with E-state index in [0.29, 0.717) is 36.0 Å². The van der Waals surface area contributed by atoms with E-state index in [1.807, 2.05) is 42.8 Å². The Morgan fingerprint density at radius 3 is 2.66 bits per heavy atom. The molecule has 1 N–H and O–H groups in total. The van der Waals surface area contributed by atoms with Crippen LogP contribution in [0.3, 0.4) is 0 Å². The number of ether oxygens (including phenoxy) is 1. The third-order valence-electron chi connectivity index (χ3n) is 4.58. The second-order valence-corrected chi connectivity index (χ2v) is 6.53. The van der Waals surface area contributed by atoms with Gasteiger partial charge in [-0.15, -0.1) is 0 Å². The van der Waals surface area contributed by atoms with Crippen molar-refractivity contribution in [2.24, 2.45) is 7.05 Å². The molecular formula is C21H21N5O3. The van der Waals surface area contributed by atoms with Crippen LogP contribution in [0.15, 0.2) is 53.1 Å². The Morgan fingerprint density at radius 2 is 1.93 bits per heavy atom. The van der Waals surface area contributed by atoms with Crippen molar-refractivity contribution in [1.29, 1.82) is 0 Å². The molecule has 8 heteroatoms. The fourth-order valence-electron chi connectivity index (χ4n) is 2.96. The van der Waals surface area contributed by atoms with Gasteiger partial charge in [0.2, 0.25) is 11.7 Å². The summed E-state index contributed by atoms with van der Waals surface area (Å²) in [6.07, 6.45) is 0.686. The molecule has 0 bridgehead atoms. The Labute approximate surface area is 167 Å². The number of hydrogen-bond acceptors (Lipinski definition) is 6. The van der Waals surface area contributed by atoms with Gasteiger partial charge in [0.05, 0.1) is 17.6 Å². The van der Waals surface area contributed by atoms with E-state index in [1.165, 1.54) is 0 Å². The van der Waals surface area contributed by atoms with Crippen molar-refractivity contribution in [3.63, 3.8) is 0 Å². The summed E-state index contributed by atoms with van der Waals surface area (Å²) in [5, 5.41) is 6.75. The number of para-hydroxylation sites is 2. The van der Waals surface area contributed by atoms with Crippen molar-refractivity contribution in [2.45, 2.75) is 26.5 Å². The molecule has 0 radical (unpaired) electrons. The molecule has 4 aromatic rings. The minimum Gasteiger partial charge on any atom is -0.485 e. The molecule has 0 aliphatic rings. The van der Waals surface area contributed by atoms with E-state index in [9.17, 15) is 4.79 Å². The standard InChI is InChI=1S/C21H21N5O3/c1-3-20-24-18(25-29-20)13-28-15-10-8-14(9-11-15)21(27)22-12-19-23-16-6-4-5-7-17(16)26(19)2/h4-11H,3,12-13H2,1-2H3,(H,22,27). The normalized spacial score (nSPS) is 11.0. The van der Waals surface area contributed by atoms with Crippen LogP contribution in [0.1, 0.15) is 34.8 Å². The molecule has 2 aromatic heterocycles. The minimum absolute atomic E-state index is 0.172. The zero-order chi connectivity index (χ0) is 20.2. The summed E-state index contributed by atoms with van der Waals surface area (Å²) in [5.74, 6) is 2.32. The van der Waals surface area contributed by atoms with Gasteiger partial charge < -0.3 is 19.1 Å². The number of aryl methyl sites for hydroxylation is 2. The molecule has 4 rings (SSSR count). The second kappa shape index (κ2) is 8.14. The fourth-order valence-corrected chi connectivity index (χ4v) is 2.96. The first-order valence-corrected chi connectivity index (χ1v) is 9.37. The maximum absolute atomic E-state index is 12.4. The van der Waals surface area contributed by atoms with E-state index < -0.39 is 0 Å². The Balaban J connectivity index is 1.34. The minimum atomic E-state index is -0.172. The highest BCUT2D eigenvalue weighted by atomic mass is 16.5. The number of imidazole rings is 1. The van der Waals surface area contributed by atoms with Crippen LogP contribution in [-0.2, 0) is 26.6 Å². The van der Waals surface area contributed by atoms with Crippen LogP contribution in [0.4, 0.5) is 0 Å². The maximum Gasteiger partial charge on any atom is 0.251 e. The number of nitrogens with one attached hydrogen (secondary N) is 1. The second-order valence-electron chi connectivity index (χ2n) is 6.53. The largest absolute Gasteiger partial charge is 0.485 e. The van der Waals surface area contributed by atoms with Crippen molar-refractivity contribution in [3.8, 4) is 5.75 Å². The third kappa shape index (κ3) is 4.11. The highest BCUT2D eigenvalue weighted by molar-refractivity contribution is 5.94. The van der Waals surface area contributed by atoms with Crippen LogP contribution in [0.25, 0.3) is 11.0 Å². The van der Waals surface area contributed by atoms with Crippen LogP contribution in [0, 0.1) is 0 Å². The summed E-state index contributed by atoms with van der Waals surface area (Å²) in [4.78, 5) is 21.2. The average Bonchev–Trinajstić information content (AvgIpc) is 3.35. The number of fused-ring (bicyclic) bond motifs is 1. The highest BCUT2D eigenvalue weighted by Gasteiger charge is 2.11. The van der Waals surface area contributed by atoms with Gasteiger partial charge in [0.15, 0.2) is 6.61 Å². The summed E-state index contributed by atoms with van der Waals surface area (Å²) in [6.45, 7) is 2.50. The van der Waals surface area contributed by atoms with Crippen LogP contribution in [-0.4, -0.2) is 25.6 Å². The first kappa shape index (κ1) is 18.7. The zero-order valence-corrected chi connectivity index (χ0v) is 16.3. The van der Waals surface area contributed by atoms with Gasteiger partial charge in [0.1, 0.15) is 11.6 Å². The number of carbonyl (C=O) groups excluding carboxylic acids is 1. The fraction of sp³-hybridized carbons (Fsp3) is 0.238. The molecule has 0 saturated heterocycles. The van der Waals surface area contributed by atoms with E-state index >= 15 is 0 Å². The van der Waals surface area contributed by atoms with E-state index in [1.54, 1.807) is 24.3 Å². The Morgan fingerprint density at radius 1 is 1.14 bits per heavy atom. The summed E-state index contributed by atoms with van der Waals surface area (Å²) in [5.41, 5.74) is 2.49. The number of carbonyl (C=O) groups is 1. The highest BCUT2D eigenvalue weighted by Crippen LogP contribution is 2.16. The van der Waals surface area contributed by atoms with Crippen LogP contribution >= 0.6 is 0 Å². The van der Waals surface area contributed by atoms with Crippen LogP contribution in [0.5, 0.6) is 5.75 Å². The van der Waals surface area contributed by atoms with Gasteiger partial charge in [-0.3, -0.25) is 4.79 Å². The Bertz CT molecular complexity index is 1130. The third-order valence-corrected chi connectivity index (χ3v) is 4.58. The van der Waals surface area contributed by atoms with Gasteiger partial charge in [-0.05, 0) is 36.4 Å². The van der Waals surface area contributed by atoms with E-state index in [0.717, 1.165) is 16.9 Å². The molecule has 148 valence electrons. The lowest BCUT2D eigenvalue weighted by Gasteiger charge is -2.07. The molecule has 8 nitrogen and oxygen atoms in total. The molecule has 0 aliphatic heterocycles. The molecule has 0 atom stereocenters. The Hall–Kier alpha value is -3.68. The predicted molar refractivity (Wildman–Crippen MR) is 106 cm³/mol. The van der Waals surface area contributed by atoms with Gasteiger partial charge in [-0.25, -0.2) is 4.98 Å². The van der Waals surface area contributed by atoms with Gasteiger partial charge in [0.25, 0.3) is 5.91 Å². The average molecular weight is 391 g/mol. The number of aromatic nitrogens is 4. The number of benzene rings is 2. The van der Waals surface area contributed by atoms with Crippen molar-refractivity contribution in [3.05, 3.63) is 71.6 Å². The zero-order valence-electron chi connectivity index (χ0n) is 16.3. The van der Waals surface area contributed by atoms with E-state index in [-0.39, 0.29) is 12.5 Å². The summed E-state index contributed by atoms with van der Waals surface area (Å²) >= 11 is 0. The molecule has 2 aromatic carbocycles. The summed E-state index contributed by atoms with van der Waals surface area (Å²) in [6, 6.07) is 14.8. The van der Waals surface area contributed by atoms with Gasteiger partial charge in [0, 0.05) is 19.0 Å². The van der Waals surface area contributed by atoms with Gasteiger partial charge in [-0.2, -0.15) is 4.98 Å².